The van der Waals surface area contributed by atoms with Gasteiger partial charge in [-0.05, 0) is 24.6 Å². The molecule has 0 saturated heterocycles. The zero-order chi connectivity index (χ0) is 14.7. The molecule has 0 bridgehead atoms. The first kappa shape index (κ1) is 15.0. The fraction of sp³-hybridized carbons (Fsp3) is 0.154. The number of aryl methyl sites for hydroxylation is 1. The zero-order valence-corrected chi connectivity index (χ0v) is 13.1. The number of nitrogens with one attached hydrogen (secondary N) is 1. The fourth-order valence-electron chi connectivity index (χ4n) is 1.53. The molecule has 0 unspecified atom stereocenters. The number of aromatic nitrogens is 1. The molecule has 0 amide bonds. The van der Waals surface area contributed by atoms with E-state index in [1.54, 1.807) is 31.3 Å². The Balaban J connectivity index is 2.08. The second kappa shape index (κ2) is 6.35. The largest absolute Gasteiger partial charge is 0.294 e. The molecule has 1 heterocycles. The van der Waals surface area contributed by atoms with Gasteiger partial charge < -0.3 is 0 Å². The molecule has 7 heteroatoms. The summed E-state index contributed by atoms with van der Waals surface area (Å²) in [6.45, 7) is 3.31. The highest BCUT2D eigenvalue weighted by molar-refractivity contribution is 7.17. The molecule has 104 valence electrons. The van der Waals surface area contributed by atoms with Crippen molar-refractivity contribution in [2.75, 3.05) is 5.43 Å². The van der Waals surface area contributed by atoms with E-state index in [-0.39, 0.29) is 5.78 Å². The molecule has 0 saturated carbocycles. The number of thiazole rings is 1. The maximum Gasteiger partial charge on any atom is 0.204 e. The van der Waals surface area contributed by atoms with Crippen molar-refractivity contribution < 1.29 is 4.79 Å². The van der Waals surface area contributed by atoms with E-state index in [1.165, 1.54) is 18.3 Å². The first-order valence-corrected chi connectivity index (χ1v) is 7.27. The summed E-state index contributed by atoms with van der Waals surface area (Å²) < 4.78 is 0. The van der Waals surface area contributed by atoms with Gasteiger partial charge in [0, 0.05) is 6.92 Å². The molecular formula is C13H11Cl2N3OS. The van der Waals surface area contributed by atoms with Gasteiger partial charge in [-0.1, -0.05) is 40.6 Å². The van der Waals surface area contributed by atoms with Crippen molar-refractivity contribution in [1.29, 1.82) is 0 Å². The summed E-state index contributed by atoms with van der Waals surface area (Å²) in [6.07, 6.45) is 1.60. The van der Waals surface area contributed by atoms with E-state index in [2.05, 4.69) is 15.5 Å². The van der Waals surface area contributed by atoms with E-state index in [1.807, 2.05) is 0 Å². The molecule has 1 N–H and O–H groups in total. The molecule has 0 spiro atoms. The molecule has 1 aromatic heterocycles. The van der Waals surface area contributed by atoms with E-state index in [0.29, 0.717) is 25.7 Å². The van der Waals surface area contributed by atoms with Gasteiger partial charge in [-0.3, -0.25) is 10.2 Å². The van der Waals surface area contributed by atoms with Crippen LogP contribution in [-0.4, -0.2) is 17.0 Å². The Hall–Kier alpha value is -1.43. The number of nitrogens with zero attached hydrogens (tertiary/aromatic N) is 2. The maximum atomic E-state index is 11.3. The highest BCUT2D eigenvalue weighted by Crippen LogP contribution is 2.23. The van der Waals surface area contributed by atoms with Crippen molar-refractivity contribution in [3.8, 4) is 0 Å². The van der Waals surface area contributed by atoms with Crippen LogP contribution in [0.5, 0.6) is 0 Å². The van der Waals surface area contributed by atoms with Crippen LogP contribution in [0.1, 0.15) is 27.9 Å². The first-order valence-electron chi connectivity index (χ1n) is 5.70. The van der Waals surface area contributed by atoms with Crippen molar-refractivity contribution >= 4 is 51.7 Å². The standard InChI is InChI=1S/C13H11Cl2N3OS/c1-7-12(8(2)19)20-13(17-7)18-16-6-9-3-4-10(14)11(15)5-9/h3-6H,1-2H3,(H,17,18)/b16-6-. The zero-order valence-electron chi connectivity index (χ0n) is 10.8. The van der Waals surface area contributed by atoms with Crippen LogP contribution >= 0.6 is 34.5 Å². The van der Waals surface area contributed by atoms with Crippen LogP contribution in [0.3, 0.4) is 0 Å². The Bertz CT molecular complexity index is 682. The SMILES string of the molecule is CC(=O)c1sc(N/N=C\c2ccc(Cl)c(Cl)c2)nc1C. The van der Waals surface area contributed by atoms with Gasteiger partial charge in [-0.15, -0.1) is 0 Å². The number of hydrogen-bond acceptors (Lipinski definition) is 5. The number of halogens is 2. The summed E-state index contributed by atoms with van der Waals surface area (Å²) in [5.41, 5.74) is 4.31. The Morgan fingerprint density at radius 1 is 1.40 bits per heavy atom. The Morgan fingerprint density at radius 2 is 2.15 bits per heavy atom. The van der Waals surface area contributed by atoms with Crippen LogP contribution in [0, 0.1) is 6.92 Å². The Labute approximate surface area is 130 Å². The summed E-state index contributed by atoms with van der Waals surface area (Å²) in [5, 5.41) is 5.60. The minimum atomic E-state index is 0.00140. The molecule has 0 aliphatic rings. The highest BCUT2D eigenvalue weighted by atomic mass is 35.5. The van der Waals surface area contributed by atoms with Crippen molar-refractivity contribution in [1.82, 2.24) is 4.98 Å². The summed E-state index contributed by atoms with van der Waals surface area (Å²) in [5.74, 6) is 0.00140. The second-order valence-corrected chi connectivity index (χ2v) is 5.85. The minimum absolute atomic E-state index is 0.00140. The molecular weight excluding hydrogens is 317 g/mol. The third-order valence-corrected chi connectivity index (χ3v) is 4.34. The molecule has 20 heavy (non-hydrogen) atoms. The molecule has 0 aliphatic carbocycles. The lowest BCUT2D eigenvalue weighted by molar-refractivity contribution is 0.102. The number of carbonyl (C=O) groups excluding carboxylic acids is 1. The van der Waals surface area contributed by atoms with Crippen LogP contribution < -0.4 is 5.43 Å². The number of hydrazone groups is 1. The third kappa shape index (κ3) is 3.56. The van der Waals surface area contributed by atoms with E-state index < -0.39 is 0 Å². The van der Waals surface area contributed by atoms with Gasteiger partial charge in [0.1, 0.15) is 0 Å². The van der Waals surface area contributed by atoms with Crippen molar-refractivity contribution in [2.45, 2.75) is 13.8 Å². The van der Waals surface area contributed by atoms with E-state index in [0.717, 1.165) is 5.56 Å². The monoisotopic (exact) mass is 327 g/mol. The number of anilines is 1. The average Bonchev–Trinajstić information content (AvgIpc) is 2.75. The van der Waals surface area contributed by atoms with Gasteiger partial charge in [0.2, 0.25) is 5.13 Å². The Kier molecular flexibility index (Phi) is 4.75. The lowest BCUT2D eigenvalue weighted by Crippen LogP contribution is -1.90. The Morgan fingerprint density at radius 3 is 2.75 bits per heavy atom. The normalized spacial score (nSPS) is 11.0. The fourth-order valence-corrected chi connectivity index (χ4v) is 2.64. The molecule has 2 rings (SSSR count). The van der Waals surface area contributed by atoms with E-state index >= 15 is 0 Å². The van der Waals surface area contributed by atoms with Gasteiger partial charge in [0.15, 0.2) is 5.78 Å². The summed E-state index contributed by atoms with van der Waals surface area (Å²) in [4.78, 5) is 16.2. The molecule has 0 aliphatic heterocycles. The van der Waals surface area contributed by atoms with Crippen LogP contribution in [0.15, 0.2) is 23.3 Å². The predicted molar refractivity (Wildman–Crippen MR) is 84.5 cm³/mol. The lowest BCUT2D eigenvalue weighted by Gasteiger charge is -1.97. The highest BCUT2D eigenvalue weighted by Gasteiger charge is 2.10. The second-order valence-electron chi connectivity index (χ2n) is 4.03. The predicted octanol–water partition coefficient (Wildman–Crippen LogP) is 4.41. The molecule has 0 radical (unpaired) electrons. The van der Waals surface area contributed by atoms with Crippen LogP contribution in [0.4, 0.5) is 5.13 Å². The van der Waals surface area contributed by atoms with Crippen molar-refractivity contribution in [3.05, 3.63) is 44.4 Å². The average molecular weight is 328 g/mol. The van der Waals surface area contributed by atoms with Gasteiger partial charge in [0.05, 0.1) is 26.8 Å². The summed E-state index contributed by atoms with van der Waals surface area (Å²) in [7, 11) is 0. The van der Waals surface area contributed by atoms with Crippen molar-refractivity contribution in [2.24, 2.45) is 5.10 Å². The molecule has 0 fully saturated rings. The van der Waals surface area contributed by atoms with Crippen LogP contribution in [-0.2, 0) is 0 Å². The quantitative estimate of drug-likeness (QED) is 0.514. The molecule has 2 aromatic rings. The third-order valence-electron chi connectivity index (χ3n) is 2.43. The molecule has 4 nitrogen and oxygen atoms in total. The van der Waals surface area contributed by atoms with Gasteiger partial charge in [0.25, 0.3) is 0 Å². The number of rotatable bonds is 4. The van der Waals surface area contributed by atoms with E-state index in [9.17, 15) is 4.79 Å². The maximum absolute atomic E-state index is 11.3. The number of Topliss-reactive ketones (excluding diaryl/α,β-unsaturated/α-hetero) is 1. The lowest BCUT2D eigenvalue weighted by atomic mass is 10.2. The molecule has 1 aromatic carbocycles. The van der Waals surface area contributed by atoms with Gasteiger partial charge in [-0.25, -0.2) is 4.98 Å². The van der Waals surface area contributed by atoms with Crippen LogP contribution in [0.25, 0.3) is 0 Å². The van der Waals surface area contributed by atoms with Gasteiger partial charge >= 0.3 is 0 Å². The van der Waals surface area contributed by atoms with Crippen LogP contribution in [0.2, 0.25) is 10.0 Å². The number of carbonyl (C=O) groups is 1. The summed E-state index contributed by atoms with van der Waals surface area (Å²) >= 11 is 13.0. The minimum Gasteiger partial charge on any atom is -0.294 e. The topological polar surface area (TPSA) is 54.4 Å². The van der Waals surface area contributed by atoms with Gasteiger partial charge in [-0.2, -0.15) is 5.10 Å². The number of benzene rings is 1. The van der Waals surface area contributed by atoms with E-state index in [4.69, 9.17) is 23.2 Å². The van der Waals surface area contributed by atoms with Crippen molar-refractivity contribution in [3.63, 3.8) is 0 Å². The number of ketones is 1. The smallest absolute Gasteiger partial charge is 0.204 e. The molecule has 0 atom stereocenters. The summed E-state index contributed by atoms with van der Waals surface area (Å²) in [6, 6.07) is 5.21. The number of hydrogen-bond donors (Lipinski definition) is 1. The first-order chi connectivity index (χ1) is 9.47.